The maximum atomic E-state index is 6.43. The van der Waals surface area contributed by atoms with Crippen molar-refractivity contribution in [1.82, 2.24) is 9.55 Å². The Bertz CT molecular complexity index is 1240. The van der Waals surface area contributed by atoms with Crippen LogP contribution in [0, 0.1) is 0 Å². The third-order valence-corrected chi connectivity index (χ3v) is 6.61. The highest BCUT2D eigenvalue weighted by atomic mass is 16.7. The van der Waals surface area contributed by atoms with Crippen LogP contribution in [0.2, 0.25) is 0 Å². The predicted molar refractivity (Wildman–Crippen MR) is 124 cm³/mol. The zero-order valence-corrected chi connectivity index (χ0v) is 18.3. The fourth-order valence-corrected chi connectivity index (χ4v) is 4.28. The lowest BCUT2D eigenvalue weighted by Crippen LogP contribution is -2.41. The number of aromatic nitrogens is 2. The van der Waals surface area contributed by atoms with E-state index in [1.165, 1.54) is 5.39 Å². The topological polar surface area (TPSA) is 36.3 Å². The van der Waals surface area contributed by atoms with Gasteiger partial charge in [-0.25, -0.2) is 4.98 Å². The third-order valence-electron chi connectivity index (χ3n) is 6.61. The fourth-order valence-electron chi connectivity index (χ4n) is 4.28. The molecular weight excluding hydrogens is 371 g/mol. The van der Waals surface area contributed by atoms with Gasteiger partial charge >= 0.3 is 7.12 Å². The van der Waals surface area contributed by atoms with Crippen molar-refractivity contribution in [2.75, 3.05) is 0 Å². The molecule has 5 heteroatoms. The molecule has 0 bridgehead atoms. The van der Waals surface area contributed by atoms with E-state index >= 15 is 0 Å². The van der Waals surface area contributed by atoms with E-state index in [0.717, 1.165) is 39.8 Å². The molecule has 1 aliphatic rings. The molecular formula is C25H27BN2O2. The second-order valence-electron chi connectivity index (χ2n) is 9.02. The van der Waals surface area contributed by atoms with E-state index < -0.39 is 7.12 Å². The zero-order valence-electron chi connectivity index (χ0n) is 18.3. The molecule has 0 saturated carbocycles. The Kier molecular flexibility index (Phi) is 4.32. The normalized spacial score (nSPS) is 17.8. The second kappa shape index (κ2) is 6.69. The number of rotatable bonds is 3. The lowest BCUT2D eigenvalue weighted by Gasteiger charge is -2.32. The minimum absolute atomic E-state index is 0.384. The average molecular weight is 398 g/mol. The van der Waals surface area contributed by atoms with Crippen LogP contribution < -0.4 is 5.46 Å². The molecule has 0 spiro atoms. The number of hydrogen-bond acceptors (Lipinski definition) is 3. The van der Waals surface area contributed by atoms with Gasteiger partial charge < -0.3 is 9.31 Å². The van der Waals surface area contributed by atoms with Gasteiger partial charge in [-0.3, -0.25) is 4.57 Å². The van der Waals surface area contributed by atoms with Gasteiger partial charge in [-0.15, -0.1) is 0 Å². The summed E-state index contributed by atoms with van der Waals surface area (Å²) in [7, 11) is -0.417. The van der Waals surface area contributed by atoms with Crippen molar-refractivity contribution in [2.24, 2.45) is 0 Å². The highest BCUT2D eigenvalue weighted by molar-refractivity contribution is 6.65. The molecule has 0 aliphatic carbocycles. The molecule has 3 aromatic carbocycles. The van der Waals surface area contributed by atoms with Crippen LogP contribution in [0.15, 0.2) is 60.7 Å². The molecule has 4 nitrogen and oxygen atoms in total. The van der Waals surface area contributed by atoms with Crippen LogP contribution in [0.4, 0.5) is 0 Å². The summed E-state index contributed by atoms with van der Waals surface area (Å²) in [6.07, 6.45) is 0.851. The van der Waals surface area contributed by atoms with Crippen molar-refractivity contribution in [1.29, 1.82) is 0 Å². The van der Waals surface area contributed by atoms with E-state index in [0.29, 0.717) is 0 Å². The molecule has 5 rings (SSSR count). The first-order chi connectivity index (χ1) is 14.3. The van der Waals surface area contributed by atoms with Gasteiger partial charge in [0.15, 0.2) is 0 Å². The Morgan fingerprint density at radius 2 is 1.53 bits per heavy atom. The van der Waals surface area contributed by atoms with Crippen molar-refractivity contribution in [3.63, 3.8) is 0 Å². The standard InChI is InChI=1S/C25H27BN2O2/c1-6-22-27-19-14-7-8-15-20(19)28(22)21-16-10-12-17-11-9-13-18(23(17)21)26-29-24(2,3)25(4,5)30-26/h7-16H,6H2,1-5H3. The van der Waals surface area contributed by atoms with E-state index in [1.807, 2.05) is 6.07 Å². The van der Waals surface area contributed by atoms with Crippen molar-refractivity contribution >= 4 is 34.4 Å². The van der Waals surface area contributed by atoms with E-state index in [-0.39, 0.29) is 11.2 Å². The summed E-state index contributed by atoms with van der Waals surface area (Å²) in [5, 5.41) is 2.32. The van der Waals surface area contributed by atoms with Gasteiger partial charge in [-0.1, -0.05) is 49.4 Å². The lowest BCUT2D eigenvalue weighted by molar-refractivity contribution is 0.00578. The first-order valence-corrected chi connectivity index (χ1v) is 10.7. The Balaban J connectivity index is 1.79. The van der Waals surface area contributed by atoms with Crippen molar-refractivity contribution in [2.45, 2.75) is 52.2 Å². The first kappa shape index (κ1) is 19.3. The number of fused-ring (bicyclic) bond motifs is 2. The molecule has 0 radical (unpaired) electrons. The molecule has 1 fully saturated rings. The molecule has 1 aliphatic heterocycles. The minimum Gasteiger partial charge on any atom is -0.399 e. The summed E-state index contributed by atoms with van der Waals surface area (Å²) in [5.74, 6) is 1.05. The summed E-state index contributed by atoms with van der Waals surface area (Å²) in [4.78, 5) is 4.89. The van der Waals surface area contributed by atoms with Gasteiger partial charge in [0.05, 0.1) is 27.9 Å². The largest absolute Gasteiger partial charge is 0.495 e. The Morgan fingerprint density at radius 3 is 2.23 bits per heavy atom. The average Bonchev–Trinajstić information content (AvgIpc) is 3.20. The predicted octanol–water partition coefficient (Wildman–Crippen LogP) is 5.04. The van der Waals surface area contributed by atoms with Crippen LogP contribution in [-0.4, -0.2) is 27.9 Å². The molecule has 0 atom stereocenters. The highest BCUT2D eigenvalue weighted by Crippen LogP contribution is 2.37. The molecule has 2 heterocycles. The van der Waals surface area contributed by atoms with Gasteiger partial charge in [0.1, 0.15) is 5.82 Å². The van der Waals surface area contributed by atoms with Crippen LogP contribution >= 0.6 is 0 Å². The number of imidazole rings is 1. The molecule has 30 heavy (non-hydrogen) atoms. The SMILES string of the molecule is CCc1nc2ccccc2n1-c1cccc2cccc(B3OC(C)(C)C(C)(C)O3)c12. The molecule has 152 valence electrons. The van der Waals surface area contributed by atoms with Gasteiger partial charge in [0, 0.05) is 11.8 Å². The Hall–Kier alpha value is -2.63. The first-order valence-electron chi connectivity index (χ1n) is 10.7. The van der Waals surface area contributed by atoms with E-state index in [9.17, 15) is 0 Å². The molecule has 1 aromatic heterocycles. The third kappa shape index (κ3) is 2.80. The van der Waals surface area contributed by atoms with Gasteiger partial charge in [-0.2, -0.15) is 0 Å². The number of para-hydroxylation sites is 2. The molecule has 4 aromatic rings. The smallest absolute Gasteiger partial charge is 0.399 e. The number of hydrogen-bond donors (Lipinski definition) is 0. The van der Waals surface area contributed by atoms with E-state index in [4.69, 9.17) is 14.3 Å². The van der Waals surface area contributed by atoms with Crippen LogP contribution in [0.25, 0.3) is 27.5 Å². The van der Waals surface area contributed by atoms with Crippen molar-refractivity contribution in [3.8, 4) is 5.69 Å². The fraction of sp³-hybridized carbons (Fsp3) is 0.320. The highest BCUT2D eigenvalue weighted by Gasteiger charge is 2.52. The summed E-state index contributed by atoms with van der Waals surface area (Å²) < 4.78 is 15.1. The Labute approximate surface area is 178 Å². The molecule has 0 amide bonds. The monoisotopic (exact) mass is 398 g/mol. The summed E-state index contributed by atoms with van der Waals surface area (Å²) in [6, 6.07) is 21.1. The molecule has 0 unspecified atom stereocenters. The van der Waals surface area contributed by atoms with Gasteiger partial charge in [-0.05, 0) is 56.7 Å². The number of aryl methyl sites for hydroxylation is 1. The minimum atomic E-state index is -0.417. The van der Waals surface area contributed by atoms with Crippen molar-refractivity contribution < 1.29 is 9.31 Å². The van der Waals surface area contributed by atoms with Gasteiger partial charge in [0.2, 0.25) is 0 Å². The lowest BCUT2D eigenvalue weighted by atomic mass is 9.75. The maximum absolute atomic E-state index is 6.43. The zero-order chi connectivity index (χ0) is 21.1. The van der Waals surface area contributed by atoms with Crippen LogP contribution in [0.1, 0.15) is 40.4 Å². The van der Waals surface area contributed by atoms with E-state index in [2.05, 4.69) is 93.8 Å². The van der Waals surface area contributed by atoms with Crippen LogP contribution in [-0.2, 0) is 15.7 Å². The molecule has 1 saturated heterocycles. The number of nitrogens with zero attached hydrogens (tertiary/aromatic N) is 2. The second-order valence-corrected chi connectivity index (χ2v) is 9.02. The van der Waals surface area contributed by atoms with Crippen LogP contribution in [0.3, 0.4) is 0 Å². The quantitative estimate of drug-likeness (QED) is 0.454. The summed E-state index contributed by atoms with van der Waals surface area (Å²) in [5.41, 5.74) is 3.53. The van der Waals surface area contributed by atoms with Crippen molar-refractivity contribution in [3.05, 3.63) is 66.5 Å². The van der Waals surface area contributed by atoms with Gasteiger partial charge in [0.25, 0.3) is 0 Å². The maximum Gasteiger partial charge on any atom is 0.495 e. The Morgan fingerprint density at radius 1 is 0.867 bits per heavy atom. The summed E-state index contributed by atoms with van der Waals surface area (Å²) >= 11 is 0. The van der Waals surface area contributed by atoms with E-state index in [1.54, 1.807) is 0 Å². The van der Waals surface area contributed by atoms with Crippen LogP contribution in [0.5, 0.6) is 0 Å². The molecule has 0 N–H and O–H groups in total. The number of benzene rings is 3. The summed E-state index contributed by atoms with van der Waals surface area (Å²) in [6.45, 7) is 10.5.